The zero-order valence-electron chi connectivity index (χ0n) is 16.4. The van der Waals surface area contributed by atoms with Crippen LogP contribution in [0.4, 0.5) is 11.4 Å². The number of hydrogen-bond donors (Lipinski definition) is 1. The van der Waals surface area contributed by atoms with Crippen molar-refractivity contribution in [2.75, 3.05) is 36.5 Å². The first-order chi connectivity index (χ1) is 14.2. The van der Waals surface area contributed by atoms with Gasteiger partial charge < -0.3 is 19.4 Å². The van der Waals surface area contributed by atoms with E-state index in [0.717, 1.165) is 35.6 Å². The van der Waals surface area contributed by atoms with Gasteiger partial charge >= 0.3 is 0 Å². The fourth-order valence-corrected chi connectivity index (χ4v) is 3.37. The third-order valence-corrected chi connectivity index (χ3v) is 4.94. The Bertz CT molecular complexity index is 979. The summed E-state index contributed by atoms with van der Waals surface area (Å²) in [6.07, 6.45) is 0.664. The normalized spacial score (nSPS) is 14.0. The highest BCUT2D eigenvalue weighted by atomic mass is 16.5. The molecule has 1 aliphatic rings. The van der Waals surface area contributed by atoms with Gasteiger partial charge in [-0.3, -0.25) is 4.79 Å². The van der Waals surface area contributed by atoms with Crippen LogP contribution in [0.15, 0.2) is 52.9 Å². The van der Waals surface area contributed by atoms with E-state index in [4.69, 9.17) is 9.15 Å². The maximum absolute atomic E-state index is 12.5. The quantitative estimate of drug-likeness (QED) is 0.692. The highest BCUT2D eigenvalue weighted by Gasteiger charge is 2.16. The van der Waals surface area contributed by atoms with Gasteiger partial charge in [0, 0.05) is 31.5 Å². The number of aryl methyl sites for hydroxylation is 2. The molecular weight excluding hydrogens is 368 g/mol. The minimum Gasteiger partial charge on any atom is -0.421 e. The predicted octanol–water partition coefficient (Wildman–Crippen LogP) is 3.45. The Morgan fingerprint density at radius 3 is 2.66 bits per heavy atom. The second-order valence-corrected chi connectivity index (χ2v) is 6.98. The number of amides is 1. The van der Waals surface area contributed by atoms with Crippen molar-refractivity contribution in [3.05, 3.63) is 60.0 Å². The second kappa shape index (κ2) is 8.87. The summed E-state index contributed by atoms with van der Waals surface area (Å²) in [7, 11) is 0. The van der Waals surface area contributed by atoms with Gasteiger partial charge in [-0.15, -0.1) is 10.2 Å². The fourth-order valence-electron chi connectivity index (χ4n) is 3.37. The van der Waals surface area contributed by atoms with Crippen LogP contribution in [0, 0.1) is 6.92 Å². The van der Waals surface area contributed by atoms with Crippen molar-refractivity contribution in [1.29, 1.82) is 0 Å². The molecule has 2 heterocycles. The summed E-state index contributed by atoms with van der Waals surface area (Å²) < 4.78 is 11.2. The topological polar surface area (TPSA) is 80.5 Å². The van der Waals surface area contributed by atoms with Crippen molar-refractivity contribution in [3.63, 3.8) is 0 Å². The van der Waals surface area contributed by atoms with Crippen LogP contribution in [0.1, 0.15) is 17.9 Å². The number of carbonyl (C=O) groups excluding carboxylic acids is 1. The molecule has 0 unspecified atom stereocenters. The Hall–Kier alpha value is -3.19. The summed E-state index contributed by atoms with van der Waals surface area (Å²) in [5.41, 5.74) is 3.81. The van der Waals surface area contributed by atoms with Gasteiger partial charge in [0.05, 0.1) is 24.6 Å². The molecule has 7 nitrogen and oxygen atoms in total. The van der Waals surface area contributed by atoms with Crippen molar-refractivity contribution in [2.45, 2.75) is 19.8 Å². The molecule has 1 amide bonds. The standard InChI is InChI=1S/C22H24N4O3/c1-16-6-2-3-7-17(16)22-25-24-21(29-22)11-10-20(27)23-18-8-4-5-9-19(18)26-12-14-28-15-13-26/h2-9H,10-15H2,1H3,(H,23,27). The van der Waals surface area contributed by atoms with Crippen LogP contribution in [0.3, 0.4) is 0 Å². The molecule has 1 aliphatic heterocycles. The minimum atomic E-state index is -0.0821. The lowest BCUT2D eigenvalue weighted by atomic mass is 10.1. The molecule has 29 heavy (non-hydrogen) atoms. The van der Waals surface area contributed by atoms with E-state index in [9.17, 15) is 4.79 Å². The molecule has 1 N–H and O–H groups in total. The molecule has 0 spiro atoms. The number of morpholine rings is 1. The number of para-hydroxylation sites is 2. The summed E-state index contributed by atoms with van der Waals surface area (Å²) >= 11 is 0. The second-order valence-electron chi connectivity index (χ2n) is 6.98. The first kappa shape index (κ1) is 19.1. The predicted molar refractivity (Wildman–Crippen MR) is 111 cm³/mol. The molecule has 3 aromatic rings. The van der Waals surface area contributed by atoms with E-state index >= 15 is 0 Å². The van der Waals surface area contributed by atoms with E-state index in [-0.39, 0.29) is 12.3 Å². The van der Waals surface area contributed by atoms with Gasteiger partial charge in [-0.1, -0.05) is 30.3 Å². The maximum Gasteiger partial charge on any atom is 0.247 e. The maximum atomic E-state index is 12.5. The first-order valence-electron chi connectivity index (χ1n) is 9.80. The number of carbonyl (C=O) groups is 1. The molecule has 4 rings (SSSR count). The van der Waals surface area contributed by atoms with Gasteiger partial charge in [-0.25, -0.2) is 0 Å². The highest BCUT2D eigenvalue weighted by Crippen LogP contribution is 2.27. The van der Waals surface area contributed by atoms with Crippen molar-refractivity contribution in [3.8, 4) is 11.5 Å². The first-order valence-corrected chi connectivity index (χ1v) is 9.80. The molecule has 1 fully saturated rings. The van der Waals surface area contributed by atoms with Crippen LogP contribution < -0.4 is 10.2 Å². The Morgan fingerprint density at radius 2 is 1.83 bits per heavy atom. The minimum absolute atomic E-state index is 0.0821. The van der Waals surface area contributed by atoms with E-state index in [1.165, 1.54) is 0 Å². The van der Waals surface area contributed by atoms with Gasteiger partial charge in [0.15, 0.2) is 0 Å². The molecule has 1 saturated heterocycles. The number of nitrogens with one attached hydrogen (secondary N) is 1. The molecule has 0 radical (unpaired) electrons. The number of rotatable bonds is 6. The number of anilines is 2. The molecular formula is C22H24N4O3. The molecule has 2 aromatic carbocycles. The lowest BCUT2D eigenvalue weighted by molar-refractivity contribution is -0.116. The number of nitrogens with zero attached hydrogens (tertiary/aromatic N) is 3. The molecule has 150 valence electrons. The van der Waals surface area contributed by atoms with E-state index in [1.54, 1.807) is 0 Å². The van der Waals surface area contributed by atoms with Gasteiger partial charge in [0.1, 0.15) is 0 Å². The molecule has 1 aromatic heterocycles. The Balaban J connectivity index is 1.37. The number of benzene rings is 2. The average molecular weight is 392 g/mol. The van der Waals surface area contributed by atoms with Crippen LogP contribution in [0.25, 0.3) is 11.5 Å². The molecule has 0 atom stereocenters. The number of aromatic nitrogens is 2. The largest absolute Gasteiger partial charge is 0.421 e. The van der Waals surface area contributed by atoms with Crippen LogP contribution in [-0.4, -0.2) is 42.4 Å². The van der Waals surface area contributed by atoms with Crippen LogP contribution in [-0.2, 0) is 16.0 Å². The summed E-state index contributed by atoms with van der Waals surface area (Å²) in [5, 5.41) is 11.2. The van der Waals surface area contributed by atoms with Crippen molar-refractivity contribution < 1.29 is 13.9 Å². The average Bonchev–Trinajstić information content (AvgIpc) is 3.22. The van der Waals surface area contributed by atoms with Crippen LogP contribution in [0.2, 0.25) is 0 Å². The summed E-state index contributed by atoms with van der Waals surface area (Å²) in [5.74, 6) is 0.859. The van der Waals surface area contributed by atoms with Crippen molar-refractivity contribution in [2.24, 2.45) is 0 Å². The fraction of sp³-hybridized carbons (Fsp3) is 0.318. The lowest BCUT2D eigenvalue weighted by Gasteiger charge is -2.30. The Morgan fingerprint density at radius 1 is 1.07 bits per heavy atom. The highest BCUT2D eigenvalue weighted by molar-refractivity contribution is 5.94. The van der Waals surface area contributed by atoms with Crippen molar-refractivity contribution >= 4 is 17.3 Å². The summed E-state index contributed by atoms with van der Waals surface area (Å²) in [6.45, 7) is 5.02. The molecule has 0 aliphatic carbocycles. The summed E-state index contributed by atoms with van der Waals surface area (Å²) in [4.78, 5) is 14.7. The molecule has 0 bridgehead atoms. The van der Waals surface area contributed by atoms with Gasteiger partial charge in [-0.05, 0) is 30.7 Å². The SMILES string of the molecule is Cc1ccccc1-c1nnc(CCC(=O)Nc2ccccc2N2CCOCC2)o1. The zero-order valence-corrected chi connectivity index (χ0v) is 16.4. The van der Waals surface area contributed by atoms with E-state index in [1.807, 2.05) is 55.5 Å². The number of ether oxygens (including phenoxy) is 1. The summed E-state index contributed by atoms with van der Waals surface area (Å²) in [6, 6.07) is 15.7. The number of hydrogen-bond acceptors (Lipinski definition) is 6. The van der Waals surface area contributed by atoms with Crippen molar-refractivity contribution in [1.82, 2.24) is 10.2 Å². The lowest BCUT2D eigenvalue weighted by Crippen LogP contribution is -2.36. The van der Waals surface area contributed by atoms with Gasteiger partial charge in [-0.2, -0.15) is 0 Å². The zero-order chi connectivity index (χ0) is 20.1. The third-order valence-electron chi connectivity index (χ3n) is 4.94. The van der Waals surface area contributed by atoms with Gasteiger partial charge in [0.2, 0.25) is 17.7 Å². The van der Waals surface area contributed by atoms with E-state index < -0.39 is 0 Å². The van der Waals surface area contributed by atoms with E-state index in [2.05, 4.69) is 20.4 Å². The molecule has 0 saturated carbocycles. The molecule has 7 heteroatoms. The Kier molecular flexibility index (Phi) is 5.86. The van der Waals surface area contributed by atoms with E-state index in [0.29, 0.717) is 31.4 Å². The third kappa shape index (κ3) is 4.63. The smallest absolute Gasteiger partial charge is 0.247 e. The van der Waals surface area contributed by atoms with Gasteiger partial charge in [0.25, 0.3) is 0 Å². The monoisotopic (exact) mass is 392 g/mol. The van der Waals surface area contributed by atoms with Crippen LogP contribution in [0.5, 0.6) is 0 Å². The van der Waals surface area contributed by atoms with Crippen LogP contribution >= 0.6 is 0 Å². The Labute approximate surface area is 169 Å².